The summed E-state index contributed by atoms with van der Waals surface area (Å²) in [6.45, 7) is 2.40. The molecule has 0 saturated heterocycles. The van der Waals surface area contributed by atoms with Gasteiger partial charge >= 0.3 is 0 Å². The minimum Gasteiger partial charge on any atom is -0.508 e. The van der Waals surface area contributed by atoms with Crippen LogP contribution in [0.3, 0.4) is 0 Å². The molecule has 2 N–H and O–H groups in total. The smallest absolute Gasteiger partial charge is 0.123 e. The molecule has 94 valence electrons. The third-order valence-electron chi connectivity index (χ3n) is 2.67. The van der Waals surface area contributed by atoms with Crippen LogP contribution in [-0.2, 0) is 13.0 Å². The summed E-state index contributed by atoms with van der Waals surface area (Å²) in [4.78, 5) is 0. The van der Waals surface area contributed by atoms with Gasteiger partial charge in [-0.15, -0.1) is 0 Å². The molecule has 0 atom stereocenters. The lowest BCUT2D eigenvalue weighted by Gasteiger charge is -2.08. The Kier molecular flexibility index (Phi) is 3.72. The molecule has 2 rings (SSSR count). The fourth-order valence-corrected chi connectivity index (χ4v) is 1.77. The van der Waals surface area contributed by atoms with Crippen molar-refractivity contribution in [3.8, 4) is 17.2 Å². The van der Waals surface area contributed by atoms with E-state index in [-0.39, 0.29) is 11.5 Å². The molecule has 0 unspecified atom stereocenters. The number of hydrogen-bond donors (Lipinski definition) is 2. The van der Waals surface area contributed by atoms with Crippen molar-refractivity contribution in [3.63, 3.8) is 0 Å². The van der Waals surface area contributed by atoms with Crippen LogP contribution in [-0.4, -0.2) is 10.2 Å². The molecule has 0 aliphatic heterocycles. The van der Waals surface area contributed by atoms with Crippen molar-refractivity contribution in [1.82, 2.24) is 0 Å². The van der Waals surface area contributed by atoms with Crippen molar-refractivity contribution >= 4 is 0 Å². The zero-order valence-electron chi connectivity index (χ0n) is 10.3. The Balaban J connectivity index is 2.08. The maximum atomic E-state index is 9.57. The Morgan fingerprint density at radius 2 is 1.72 bits per heavy atom. The molecule has 0 amide bonds. The molecule has 2 aromatic carbocycles. The van der Waals surface area contributed by atoms with Gasteiger partial charge in [-0.05, 0) is 41.8 Å². The summed E-state index contributed by atoms with van der Waals surface area (Å²) in [5.74, 6) is 1.04. The van der Waals surface area contributed by atoms with Gasteiger partial charge in [0.2, 0.25) is 0 Å². The van der Waals surface area contributed by atoms with E-state index in [2.05, 4.69) is 0 Å². The number of benzene rings is 2. The molecular formula is C15H16O3. The average Bonchev–Trinajstić information content (AvgIpc) is 2.36. The minimum atomic E-state index is 0.178. The predicted octanol–water partition coefficient (Wildman–Crippen LogP) is 3.24. The van der Waals surface area contributed by atoms with Crippen molar-refractivity contribution in [2.45, 2.75) is 20.0 Å². The van der Waals surface area contributed by atoms with Crippen molar-refractivity contribution < 1.29 is 14.9 Å². The number of rotatable bonds is 4. The van der Waals surface area contributed by atoms with E-state index < -0.39 is 0 Å². The average molecular weight is 244 g/mol. The molecule has 0 aliphatic carbocycles. The first-order valence-electron chi connectivity index (χ1n) is 5.91. The highest BCUT2D eigenvalue weighted by molar-refractivity contribution is 5.35. The van der Waals surface area contributed by atoms with Crippen LogP contribution < -0.4 is 4.74 Å². The van der Waals surface area contributed by atoms with E-state index in [1.807, 2.05) is 13.0 Å². The number of phenolic OH excluding ortho intramolecular Hbond substituents is 2. The van der Waals surface area contributed by atoms with Gasteiger partial charge in [0.15, 0.2) is 0 Å². The molecule has 3 heteroatoms. The minimum absolute atomic E-state index is 0.178. The molecule has 0 fully saturated rings. The summed E-state index contributed by atoms with van der Waals surface area (Å²) in [6, 6.07) is 12.1. The first-order chi connectivity index (χ1) is 8.67. The third kappa shape index (κ3) is 3.17. The summed E-state index contributed by atoms with van der Waals surface area (Å²) >= 11 is 0. The van der Waals surface area contributed by atoms with E-state index in [9.17, 15) is 10.2 Å². The van der Waals surface area contributed by atoms with Gasteiger partial charge < -0.3 is 14.9 Å². The van der Waals surface area contributed by atoms with Crippen LogP contribution in [0.1, 0.15) is 18.1 Å². The fraction of sp³-hybridized carbons (Fsp3) is 0.200. The van der Waals surface area contributed by atoms with Gasteiger partial charge in [0.1, 0.15) is 23.9 Å². The first kappa shape index (κ1) is 12.3. The van der Waals surface area contributed by atoms with Crippen molar-refractivity contribution in [1.29, 1.82) is 0 Å². The van der Waals surface area contributed by atoms with E-state index in [4.69, 9.17) is 4.74 Å². The topological polar surface area (TPSA) is 49.7 Å². The molecule has 3 nitrogen and oxygen atoms in total. The number of hydrogen-bond acceptors (Lipinski definition) is 3. The Bertz CT molecular complexity index is 535. The van der Waals surface area contributed by atoms with Gasteiger partial charge in [0.25, 0.3) is 0 Å². The summed E-state index contributed by atoms with van der Waals surface area (Å²) in [5.41, 5.74) is 1.99. The summed E-state index contributed by atoms with van der Waals surface area (Å²) < 4.78 is 5.56. The molecule has 18 heavy (non-hydrogen) atoms. The van der Waals surface area contributed by atoms with E-state index in [1.165, 1.54) is 0 Å². The number of phenols is 2. The zero-order valence-corrected chi connectivity index (χ0v) is 10.3. The van der Waals surface area contributed by atoms with Gasteiger partial charge in [0, 0.05) is 6.07 Å². The molecule has 0 heterocycles. The maximum Gasteiger partial charge on any atom is 0.123 e. The van der Waals surface area contributed by atoms with Crippen LogP contribution in [0.25, 0.3) is 0 Å². The van der Waals surface area contributed by atoms with Gasteiger partial charge in [-0.25, -0.2) is 0 Å². The van der Waals surface area contributed by atoms with Crippen LogP contribution in [0.4, 0.5) is 0 Å². The second kappa shape index (κ2) is 5.45. The van der Waals surface area contributed by atoms with Gasteiger partial charge in [-0.2, -0.15) is 0 Å². The van der Waals surface area contributed by atoms with E-state index in [1.54, 1.807) is 36.4 Å². The quantitative estimate of drug-likeness (QED) is 0.868. The van der Waals surface area contributed by atoms with Crippen LogP contribution >= 0.6 is 0 Å². The highest BCUT2D eigenvalue weighted by Crippen LogP contribution is 2.21. The van der Waals surface area contributed by atoms with E-state index >= 15 is 0 Å². The second-order valence-electron chi connectivity index (χ2n) is 4.15. The largest absolute Gasteiger partial charge is 0.508 e. The molecule has 0 aliphatic rings. The number of aryl methyl sites for hydroxylation is 1. The molecule has 0 saturated carbocycles. The zero-order chi connectivity index (χ0) is 13.0. The van der Waals surface area contributed by atoms with Gasteiger partial charge in [-0.3, -0.25) is 0 Å². The van der Waals surface area contributed by atoms with Crippen LogP contribution in [0.15, 0.2) is 42.5 Å². The van der Waals surface area contributed by atoms with E-state index in [0.29, 0.717) is 12.4 Å². The fourth-order valence-electron chi connectivity index (χ4n) is 1.77. The SMILES string of the molecule is CCc1cc(O)cc(COc2cccc(O)c2)c1. The van der Waals surface area contributed by atoms with Crippen LogP contribution in [0.2, 0.25) is 0 Å². The molecule has 0 aromatic heterocycles. The second-order valence-corrected chi connectivity index (χ2v) is 4.15. The van der Waals surface area contributed by atoms with Crippen molar-refractivity contribution in [3.05, 3.63) is 53.6 Å². The lowest BCUT2D eigenvalue weighted by Crippen LogP contribution is -1.96. The highest BCUT2D eigenvalue weighted by Gasteiger charge is 2.01. The van der Waals surface area contributed by atoms with Crippen LogP contribution in [0, 0.1) is 0 Å². The Hall–Kier alpha value is -2.16. The molecule has 0 radical (unpaired) electrons. The lowest BCUT2D eigenvalue weighted by molar-refractivity contribution is 0.303. The van der Waals surface area contributed by atoms with Gasteiger partial charge in [-0.1, -0.05) is 19.1 Å². The third-order valence-corrected chi connectivity index (χ3v) is 2.67. The number of ether oxygens (including phenoxy) is 1. The summed E-state index contributed by atoms with van der Waals surface area (Å²) in [7, 11) is 0. The van der Waals surface area contributed by atoms with E-state index in [0.717, 1.165) is 17.5 Å². The molecular weight excluding hydrogens is 228 g/mol. The molecule has 0 bridgehead atoms. The predicted molar refractivity (Wildman–Crippen MR) is 69.9 cm³/mol. The Morgan fingerprint density at radius 3 is 2.44 bits per heavy atom. The monoisotopic (exact) mass is 244 g/mol. The first-order valence-corrected chi connectivity index (χ1v) is 5.91. The van der Waals surface area contributed by atoms with Crippen molar-refractivity contribution in [2.75, 3.05) is 0 Å². The number of aromatic hydroxyl groups is 2. The van der Waals surface area contributed by atoms with Gasteiger partial charge in [0.05, 0.1) is 0 Å². The Labute approximate surface area is 106 Å². The summed E-state index contributed by atoms with van der Waals surface area (Å²) in [5, 5.41) is 18.9. The molecule has 2 aromatic rings. The molecule has 0 spiro atoms. The van der Waals surface area contributed by atoms with Crippen LogP contribution in [0.5, 0.6) is 17.2 Å². The maximum absolute atomic E-state index is 9.57. The summed E-state index contributed by atoms with van der Waals surface area (Å²) in [6.07, 6.45) is 0.869. The highest BCUT2D eigenvalue weighted by atomic mass is 16.5. The Morgan fingerprint density at radius 1 is 0.944 bits per heavy atom. The standard InChI is InChI=1S/C15H16O3/c1-2-11-6-12(8-14(17)7-11)10-18-15-5-3-4-13(16)9-15/h3-9,16-17H,2,10H2,1H3. The lowest BCUT2D eigenvalue weighted by atomic mass is 10.1. The normalized spacial score (nSPS) is 10.3. The van der Waals surface area contributed by atoms with Crippen molar-refractivity contribution in [2.24, 2.45) is 0 Å².